The molecule has 1 aliphatic rings. The molecule has 3 N–H and O–H groups in total. The van der Waals surface area contributed by atoms with Crippen LogP contribution in [0.3, 0.4) is 0 Å². The summed E-state index contributed by atoms with van der Waals surface area (Å²) < 4.78 is 4.53. The monoisotopic (exact) mass is 324 g/mol. The lowest BCUT2D eigenvalue weighted by atomic mass is 9.95. The Labute approximate surface area is 133 Å². The number of nitrogens with one attached hydrogen (secondary N) is 1. The standard InChI is InChI=1S/C15H20N2O4S/c1-21-12(19)8-4-7-11(18)17-15-13(14(16)20)9-5-2-3-6-10(9)22-15/h2-8H2,1H3,(H2,16,20)(H,17,18). The summed E-state index contributed by atoms with van der Waals surface area (Å²) in [4.78, 5) is 35.8. The number of hydrogen-bond acceptors (Lipinski definition) is 5. The van der Waals surface area contributed by atoms with E-state index in [0.29, 0.717) is 17.0 Å². The van der Waals surface area contributed by atoms with Gasteiger partial charge in [-0.2, -0.15) is 0 Å². The molecule has 0 fully saturated rings. The SMILES string of the molecule is COC(=O)CCCC(=O)Nc1sc2c(c1C(N)=O)CCCC2. The molecule has 1 heterocycles. The first kappa shape index (κ1) is 16.5. The van der Waals surface area contributed by atoms with Gasteiger partial charge in [-0.15, -0.1) is 11.3 Å². The minimum atomic E-state index is -0.496. The van der Waals surface area contributed by atoms with Crippen LogP contribution in [0.1, 0.15) is 52.9 Å². The number of primary amides is 1. The van der Waals surface area contributed by atoms with E-state index in [-0.39, 0.29) is 24.7 Å². The number of methoxy groups -OCH3 is 1. The zero-order valence-electron chi connectivity index (χ0n) is 12.6. The molecule has 22 heavy (non-hydrogen) atoms. The van der Waals surface area contributed by atoms with E-state index in [4.69, 9.17) is 5.73 Å². The molecule has 0 atom stereocenters. The Balaban J connectivity index is 2.03. The molecule has 7 heteroatoms. The summed E-state index contributed by atoms with van der Waals surface area (Å²) in [5, 5.41) is 3.31. The van der Waals surface area contributed by atoms with Crippen LogP contribution in [0.5, 0.6) is 0 Å². The number of nitrogens with two attached hydrogens (primary N) is 1. The van der Waals surface area contributed by atoms with Crippen LogP contribution >= 0.6 is 11.3 Å². The fourth-order valence-corrected chi connectivity index (χ4v) is 3.91. The number of ether oxygens (including phenoxy) is 1. The van der Waals surface area contributed by atoms with Crippen molar-refractivity contribution in [1.29, 1.82) is 0 Å². The molecule has 2 amide bonds. The van der Waals surface area contributed by atoms with Gasteiger partial charge in [0.2, 0.25) is 5.91 Å². The molecule has 2 rings (SSSR count). The number of thiophene rings is 1. The second kappa shape index (κ2) is 7.40. The predicted molar refractivity (Wildman–Crippen MR) is 84.0 cm³/mol. The van der Waals surface area contributed by atoms with Crippen molar-refractivity contribution in [2.45, 2.75) is 44.9 Å². The van der Waals surface area contributed by atoms with Gasteiger partial charge in [-0.1, -0.05) is 0 Å². The van der Waals surface area contributed by atoms with E-state index in [1.165, 1.54) is 18.4 Å². The Hall–Kier alpha value is -1.89. The molecular weight excluding hydrogens is 304 g/mol. The highest BCUT2D eigenvalue weighted by molar-refractivity contribution is 7.17. The van der Waals surface area contributed by atoms with Crippen molar-refractivity contribution in [3.8, 4) is 0 Å². The summed E-state index contributed by atoms with van der Waals surface area (Å²) in [6.07, 6.45) is 4.72. The molecule has 0 saturated carbocycles. The molecule has 1 aliphatic carbocycles. The molecule has 0 bridgehead atoms. The number of amides is 2. The number of rotatable bonds is 6. The highest BCUT2D eigenvalue weighted by Crippen LogP contribution is 2.37. The van der Waals surface area contributed by atoms with Gasteiger partial charge in [0.05, 0.1) is 12.7 Å². The first-order chi connectivity index (χ1) is 10.5. The number of carbonyl (C=O) groups excluding carboxylic acids is 3. The molecular formula is C15H20N2O4S. The summed E-state index contributed by atoms with van der Waals surface area (Å²) in [6.45, 7) is 0. The Morgan fingerprint density at radius 3 is 2.64 bits per heavy atom. The van der Waals surface area contributed by atoms with Crippen molar-refractivity contribution in [2.75, 3.05) is 12.4 Å². The molecule has 0 spiro atoms. The quantitative estimate of drug-likeness (QED) is 0.782. The molecule has 0 aromatic carbocycles. The smallest absolute Gasteiger partial charge is 0.305 e. The zero-order chi connectivity index (χ0) is 16.1. The maximum absolute atomic E-state index is 12.0. The maximum atomic E-state index is 12.0. The van der Waals surface area contributed by atoms with Crippen LogP contribution in [-0.2, 0) is 27.2 Å². The maximum Gasteiger partial charge on any atom is 0.305 e. The van der Waals surface area contributed by atoms with Gasteiger partial charge in [-0.25, -0.2) is 0 Å². The number of aryl methyl sites for hydroxylation is 1. The van der Waals surface area contributed by atoms with Crippen molar-refractivity contribution in [1.82, 2.24) is 0 Å². The fourth-order valence-electron chi connectivity index (χ4n) is 2.60. The van der Waals surface area contributed by atoms with Crippen LogP contribution in [0.25, 0.3) is 0 Å². The lowest BCUT2D eigenvalue weighted by Gasteiger charge is -2.11. The highest BCUT2D eigenvalue weighted by atomic mass is 32.1. The molecule has 1 aromatic heterocycles. The van der Waals surface area contributed by atoms with E-state index in [0.717, 1.165) is 36.1 Å². The van der Waals surface area contributed by atoms with Crippen molar-refractivity contribution < 1.29 is 19.1 Å². The third kappa shape index (κ3) is 3.85. The molecule has 0 unspecified atom stereocenters. The molecule has 0 radical (unpaired) electrons. The first-order valence-corrected chi connectivity index (χ1v) is 8.15. The third-order valence-corrected chi connectivity index (χ3v) is 4.89. The molecule has 0 aliphatic heterocycles. The lowest BCUT2D eigenvalue weighted by molar-refractivity contribution is -0.140. The summed E-state index contributed by atoms with van der Waals surface area (Å²) in [5.74, 6) is -1.05. The van der Waals surface area contributed by atoms with E-state index in [9.17, 15) is 14.4 Å². The molecule has 0 saturated heterocycles. The summed E-state index contributed by atoms with van der Waals surface area (Å²) in [7, 11) is 1.32. The topological polar surface area (TPSA) is 98.5 Å². The number of fused-ring (bicyclic) bond motifs is 1. The van der Waals surface area contributed by atoms with E-state index in [1.54, 1.807) is 0 Å². The molecule has 120 valence electrons. The summed E-state index contributed by atoms with van der Waals surface area (Å²) in [6, 6.07) is 0. The van der Waals surface area contributed by atoms with Crippen LogP contribution in [-0.4, -0.2) is 24.9 Å². The van der Waals surface area contributed by atoms with Gasteiger partial charge in [0.25, 0.3) is 5.91 Å². The Kier molecular flexibility index (Phi) is 5.54. The predicted octanol–water partition coefficient (Wildman–Crippen LogP) is 2.01. The van der Waals surface area contributed by atoms with Gasteiger partial charge in [0.1, 0.15) is 5.00 Å². The van der Waals surface area contributed by atoms with Gasteiger partial charge in [-0.05, 0) is 37.7 Å². The molecule has 1 aromatic rings. The van der Waals surface area contributed by atoms with E-state index in [1.807, 2.05) is 0 Å². The third-order valence-electron chi connectivity index (χ3n) is 3.68. The van der Waals surface area contributed by atoms with Crippen LogP contribution in [0.15, 0.2) is 0 Å². The minimum Gasteiger partial charge on any atom is -0.469 e. The van der Waals surface area contributed by atoms with Crippen LogP contribution in [0.2, 0.25) is 0 Å². The largest absolute Gasteiger partial charge is 0.469 e. The molecule has 6 nitrogen and oxygen atoms in total. The first-order valence-electron chi connectivity index (χ1n) is 7.34. The average Bonchev–Trinajstić information content (AvgIpc) is 2.84. The minimum absolute atomic E-state index is 0.202. The van der Waals surface area contributed by atoms with E-state index in [2.05, 4.69) is 10.1 Å². The Morgan fingerprint density at radius 2 is 1.95 bits per heavy atom. The average molecular weight is 324 g/mol. The normalized spacial score (nSPS) is 13.3. The van der Waals surface area contributed by atoms with Gasteiger partial charge in [-0.3, -0.25) is 14.4 Å². The Morgan fingerprint density at radius 1 is 1.23 bits per heavy atom. The van der Waals surface area contributed by atoms with Crippen LogP contribution < -0.4 is 11.1 Å². The Bertz CT molecular complexity index is 595. The second-order valence-electron chi connectivity index (χ2n) is 5.26. The fraction of sp³-hybridized carbons (Fsp3) is 0.533. The van der Waals surface area contributed by atoms with Crippen molar-refractivity contribution in [3.05, 3.63) is 16.0 Å². The highest BCUT2D eigenvalue weighted by Gasteiger charge is 2.24. The number of carbonyl (C=O) groups is 3. The summed E-state index contributed by atoms with van der Waals surface area (Å²) in [5.41, 5.74) is 6.93. The van der Waals surface area contributed by atoms with Gasteiger partial charge in [0.15, 0.2) is 0 Å². The van der Waals surface area contributed by atoms with Crippen molar-refractivity contribution in [3.63, 3.8) is 0 Å². The van der Waals surface area contributed by atoms with Crippen molar-refractivity contribution in [2.24, 2.45) is 5.73 Å². The number of anilines is 1. The second-order valence-corrected chi connectivity index (χ2v) is 6.36. The van der Waals surface area contributed by atoms with Crippen molar-refractivity contribution >= 4 is 34.1 Å². The summed E-state index contributed by atoms with van der Waals surface area (Å²) >= 11 is 1.44. The number of esters is 1. The lowest BCUT2D eigenvalue weighted by Crippen LogP contribution is -2.18. The number of hydrogen-bond donors (Lipinski definition) is 2. The van der Waals surface area contributed by atoms with E-state index >= 15 is 0 Å². The van der Waals surface area contributed by atoms with Gasteiger partial charge < -0.3 is 15.8 Å². The van der Waals surface area contributed by atoms with Gasteiger partial charge in [0, 0.05) is 17.7 Å². The van der Waals surface area contributed by atoms with E-state index < -0.39 is 5.91 Å². The van der Waals surface area contributed by atoms with Crippen LogP contribution in [0, 0.1) is 0 Å². The van der Waals surface area contributed by atoms with Gasteiger partial charge >= 0.3 is 5.97 Å². The zero-order valence-corrected chi connectivity index (χ0v) is 13.4. The van der Waals surface area contributed by atoms with Crippen LogP contribution in [0.4, 0.5) is 5.00 Å².